The van der Waals surface area contributed by atoms with E-state index in [1.54, 1.807) is 12.4 Å². The third-order valence-electron chi connectivity index (χ3n) is 5.02. The number of likely N-dealkylation sites (N-methyl/N-ethyl adjacent to an activating group) is 1. The summed E-state index contributed by atoms with van der Waals surface area (Å²) >= 11 is 0. The van der Waals surface area contributed by atoms with Crippen molar-refractivity contribution in [3.05, 3.63) is 18.5 Å². The van der Waals surface area contributed by atoms with Gasteiger partial charge in [-0.05, 0) is 32.5 Å². The lowest BCUT2D eigenvalue weighted by molar-refractivity contribution is -0.131. The summed E-state index contributed by atoms with van der Waals surface area (Å²) in [5, 5.41) is 3.35. The smallest absolute Gasteiger partial charge is 0.225 e. The number of carbonyl (C=O) groups excluding carboxylic acids is 1. The molecule has 1 N–H and O–H groups in total. The van der Waals surface area contributed by atoms with E-state index in [9.17, 15) is 4.79 Å². The fourth-order valence-electron chi connectivity index (χ4n) is 3.52. The molecular formula is C17H28N6O. The van der Waals surface area contributed by atoms with Crippen molar-refractivity contribution in [1.82, 2.24) is 25.1 Å². The van der Waals surface area contributed by atoms with E-state index < -0.39 is 0 Å². The minimum Gasteiger partial charge on any atom is -0.339 e. The van der Waals surface area contributed by atoms with Crippen LogP contribution in [0.3, 0.4) is 0 Å². The van der Waals surface area contributed by atoms with Gasteiger partial charge in [0.25, 0.3) is 0 Å². The maximum Gasteiger partial charge on any atom is 0.225 e. The maximum atomic E-state index is 12.5. The lowest BCUT2D eigenvalue weighted by atomic mass is 10.1. The molecule has 0 saturated carbocycles. The van der Waals surface area contributed by atoms with E-state index in [1.165, 1.54) is 12.8 Å². The number of likely N-dealkylation sites (tertiary alicyclic amines) is 1. The first-order valence-corrected chi connectivity index (χ1v) is 8.95. The zero-order chi connectivity index (χ0) is 16.8. The van der Waals surface area contributed by atoms with Gasteiger partial charge in [0.2, 0.25) is 11.9 Å². The second-order valence-electron chi connectivity index (χ2n) is 6.60. The largest absolute Gasteiger partial charge is 0.339 e. The van der Waals surface area contributed by atoms with Crippen molar-refractivity contribution in [3.63, 3.8) is 0 Å². The van der Waals surface area contributed by atoms with Gasteiger partial charge in [-0.25, -0.2) is 9.97 Å². The molecule has 2 saturated heterocycles. The van der Waals surface area contributed by atoms with E-state index in [-0.39, 0.29) is 5.91 Å². The normalized spacial score (nSPS) is 22.6. The number of hydrogen-bond donors (Lipinski definition) is 1. The molecule has 0 aromatic carbocycles. The third-order valence-corrected chi connectivity index (χ3v) is 5.02. The van der Waals surface area contributed by atoms with Crippen LogP contribution in [0, 0.1) is 0 Å². The van der Waals surface area contributed by atoms with Crippen LogP contribution in [0.4, 0.5) is 5.95 Å². The van der Waals surface area contributed by atoms with Crippen LogP contribution in [0.1, 0.15) is 19.3 Å². The highest BCUT2D eigenvalue weighted by molar-refractivity contribution is 5.76. The first-order valence-electron chi connectivity index (χ1n) is 8.95. The Hall–Kier alpha value is -1.73. The summed E-state index contributed by atoms with van der Waals surface area (Å²) in [7, 11) is 2.02. The SMILES string of the molecule is CNC1CCCN(CCC(=O)N2CCN(c3ncccn3)CC2)C1. The van der Waals surface area contributed by atoms with Crippen LogP contribution in [0.5, 0.6) is 0 Å². The van der Waals surface area contributed by atoms with Crippen LogP contribution in [-0.4, -0.2) is 84.6 Å². The Morgan fingerprint density at radius 1 is 1.21 bits per heavy atom. The second kappa shape index (κ2) is 8.39. The standard InChI is InChI=1S/C17H28N6O/c1-18-15-4-2-8-21(14-15)9-5-16(24)22-10-12-23(13-11-22)17-19-6-3-7-20-17/h3,6-7,15,18H,2,4-5,8-14H2,1H3. The molecule has 0 radical (unpaired) electrons. The van der Waals surface area contributed by atoms with Crippen LogP contribution in [0.2, 0.25) is 0 Å². The maximum absolute atomic E-state index is 12.5. The number of anilines is 1. The molecule has 0 aliphatic carbocycles. The lowest BCUT2D eigenvalue weighted by Gasteiger charge is -2.36. The topological polar surface area (TPSA) is 64.6 Å². The van der Waals surface area contributed by atoms with Crippen molar-refractivity contribution in [2.24, 2.45) is 0 Å². The van der Waals surface area contributed by atoms with Crippen molar-refractivity contribution >= 4 is 11.9 Å². The fraction of sp³-hybridized carbons (Fsp3) is 0.706. The third kappa shape index (κ3) is 4.42. The molecule has 2 aliphatic heterocycles. The van der Waals surface area contributed by atoms with E-state index in [4.69, 9.17) is 0 Å². The molecule has 1 unspecified atom stereocenters. The van der Waals surface area contributed by atoms with Gasteiger partial charge in [0.05, 0.1) is 0 Å². The van der Waals surface area contributed by atoms with Crippen molar-refractivity contribution in [1.29, 1.82) is 0 Å². The van der Waals surface area contributed by atoms with E-state index in [0.717, 1.165) is 51.8 Å². The molecule has 3 rings (SSSR count). The number of amides is 1. The van der Waals surface area contributed by atoms with E-state index in [1.807, 2.05) is 18.0 Å². The van der Waals surface area contributed by atoms with Gasteiger partial charge in [-0.15, -0.1) is 0 Å². The lowest BCUT2D eigenvalue weighted by Crippen LogP contribution is -2.50. The van der Waals surface area contributed by atoms with Crippen molar-refractivity contribution in [3.8, 4) is 0 Å². The van der Waals surface area contributed by atoms with E-state index in [0.29, 0.717) is 12.5 Å². The Morgan fingerprint density at radius 2 is 1.96 bits per heavy atom. The first-order chi connectivity index (χ1) is 11.8. The summed E-state index contributed by atoms with van der Waals surface area (Å²) in [4.78, 5) is 27.6. The van der Waals surface area contributed by atoms with Gasteiger partial charge in [0, 0.05) is 64.1 Å². The summed E-state index contributed by atoms with van der Waals surface area (Å²) in [6, 6.07) is 2.39. The Kier molecular flexibility index (Phi) is 5.98. The molecule has 7 nitrogen and oxygen atoms in total. The Bertz CT molecular complexity index is 517. The Morgan fingerprint density at radius 3 is 2.67 bits per heavy atom. The van der Waals surface area contributed by atoms with Gasteiger partial charge in [-0.3, -0.25) is 4.79 Å². The molecule has 0 bridgehead atoms. The molecular weight excluding hydrogens is 304 g/mol. The highest BCUT2D eigenvalue weighted by atomic mass is 16.2. The zero-order valence-corrected chi connectivity index (χ0v) is 14.5. The van der Waals surface area contributed by atoms with Crippen LogP contribution in [0.15, 0.2) is 18.5 Å². The number of aromatic nitrogens is 2. The molecule has 3 heterocycles. The molecule has 1 aromatic rings. The van der Waals surface area contributed by atoms with Crippen molar-refractivity contribution in [2.75, 3.05) is 57.8 Å². The molecule has 24 heavy (non-hydrogen) atoms. The average molecular weight is 332 g/mol. The number of piperidine rings is 1. The molecule has 1 amide bonds. The molecule has 7 heteroatoms. The predicted octanol–water partition coefficient (Wildman–Crippen LogP) is 0.199. The predicted molar refractivity (Wildman–Crippen MR) is 94.0 cm³/mol. The van der Waals surface area contributed by atoms with Gasteiger partial charge >= 0.3 is 0 Å². The van der Waals surface area contributed by atoms with Gasteiger partial charge < -0.3 is 20.0 Å². The minimum atomic E-state index is 0.273. The highest BCUT2D eigenvalue weighted by Gasteiger charge is 2.24. The zero-order valence-electron chi connectivity index (χ0n) is 14.5. The van der Waals surface area contributed by atoms with Gasteiger partial charge in [-0.1, -0.05) is 0 Å². The van der Waals surface area contributed by atoms with E-state index >= 15 is 0 Å². The molecule has 1 atom stereocenters. The molecule has 132 valence electrons. The number of carbonyl (C=O) groups is 1. The van der Waals surface area contributed by atoms with Crippen molar-refractivity contribution in [2.45, 2.75) is 25.3 Å². The number of rotatable bonds is 5. The van der Waals surface area contributed by atoms with Crippen molar-refractivity contribution < 1.29 is 4.79 Å². The summed E-state index contributed by atoms with van der Waals surface area (Å²) in [5.74, 6) is 1.03. The average Bonchev–Trinajstić information content (AvgIpc) is 2.67. The van der Waals surface area contributed by atoms with Crippen LogP contribution in [0.25, 0.3) is 0 Å². The van der Waals surface area contributed by atoms with Crippen LogP contribution < -0.4 is 10.2 Å². The second-order valence-corrected chi connectivity index (χ2v) is 6.60. The van der Waals surface area contributed by atoms with E-state index in [2.05, 4.69) is 25.1 Å². The molecule has 2 aliphatic rings. The molecule has 0 spiro atoms. The van der Waals surface area contributed by atoms with Gasteiger partial charge in [-0.2, -0.15) is 0 Å². The summed E-state index contributed by atoms with van der Waals surface area (Å²) < 4.78 is 0. The fourth-order valence-corrected chi connectivity index (χ4v) is 3.52. The summed E-state index contributed by atoms with van der Waals surface area (Å²) in [5.41, 5.74) is 0. The number of nitrogens with one attached hydrogen (secondary N) is 1. The number of nitrogens with zero attached hydrogens (tertiary/aromatic N) is 5. The van der Waals surface area contributed by atoms with Crippen LogP contribution >= 0.6 is 0 Å². The monoisotopic (exact) mass is 332 g/mol. The summed E-state index contributed by atoms with van der Waals surface area (Å²) in [6.45, 7) is 6.18. The summed E-state index contributed by atoms with van der Waals surface area (Å²) in [6.07, 6.45) is 6.60. The van der Waals surface area contributed by atoms with Gasteiger partial charge in [0.1, 0.15) is 0 Å². The number of piperazine rings is 1. The minimum absolute atomic E-state index is 0.273. The highest BCUT2D eigenvalue weighted by Crippen LogP contribution is 2.13. The number of hydrogen-bond acceptors (Lipinski definition) is 6. The Labute approximate surface area is 144 Å². The molecule has 2 fully saturated rings. The van der Waals surface area contributed by atoms with Gasteiger partial charge in [0.15, 0.2) is 0 Å². The Balaban J connectivity index is 1.41. The first kappa shape index (κ1) is 17.1. The van der Waals surface area contributed by atoms with Crippen LogP contribution in [-0.2, 0) is 4.79 Å². The quantitative estimate of drug-likeness (QED) is 0.831. The molecule has 1 aromatic heterocycles.